The molecule has 0 aromatic heterocycles. The monoisotopic (exact) mass is 160 g/mol. The summed E-state index contributed by atoms with van der Waals surface area (Å²) < 4.78 is 0. The number of hydrogen-bond donors (Lipinski definition) is 0. The largest absolute Gasteiger partial charge is 0.263 e. The van der Waals surface area contributed by atoms with Gasteiger partial charge in [0, 0.05) is 12.6 Å². The molecule has 0 fully saturated rings. The Hall–Kier alpha value is -1.31. The zero-order chi connectivity index (χ0) is 8.39. The lowest BCUT2D eigenvalue weighted by Crippen LogP contribution is -2.22. The Labute approximate surface area is 72.5 Å². The fourth-order valence-electron chi connectivity index (χ4n) is 1.40. The quantitative estimate of drug-likeness (QED) is 0.615. The van der Waals surface area contributed by atoms with Crippen LogP contribution in [0.15, 0.2) is 35.4 Å². The molecule has 0 bridgehead atoms. The minimum absolute atomic E-state index is 0.507. The molecule has 2 heteroatoms. The van der Waals surface area contributed by atoms with Crippen molar-refractivity contribution >= 4 is 11.9 Å². The Morgan fingerprint density at radius 2 is 2.08 bits per heavy atom. The fourth-order valence-corrected chi connectivity index (χ4v) is 1.40. The molecule has 1 aromatic rings. The summed E-state index contributed by atoms with van der Waals surface area (Å²) in [4.78, 5) is 0. The van der Waals surface area contributed by atoms with E-state index >= 15 is 0 Å². The first-order valence-electron chi connectivity index (χ1n) is 4.24. The first-order valence-corrected chi connectivity index (χ1v) is 4.24. The van der Waals surface area contributed by atoms with E-state index in [4.69, 9.17) is 0 Å². The van der Waals surface area contributed by atoms with Crippen molar-refractivity contribution in [2.45, 2.75) is 19.4 Å². The summed E-state index contributed by atoms with van der Waals surface area (Å²) in [6.07, 6.45) is 3.02. The van der Waals surface area contributed by atoms with Crippen molar-refractivity contribution in [3.8, 4) is 0 Å². The number of benzene rings is 1. The Balaban J connectivity index is 2.25. The molecule has 1 atom stereocenters. The van der Waals surface area contributed by atoms with Crippen molar-refractivity contribution in [1.82, 2.24) is 0 Å². The SMILES string of the molecule is CC1CC=NN1c1ccccc1. The summed E-state index contributed by atoms with van der Waals surface area (Å²) in [5, 5.41) is 6.35. The van der Waals surface area contributed by atoms with Crippen molar-refractivity contribution in [2.24, 2.45) is 5.10 Å². The van der Waals surface area contributed by atoms with Gasteiger partial charge in [0.25, 0.3) is 0 Å². The summed E-state index contributed by atoms with van der Waals surface area (Å²) in [6, 6.07) is 10.8. The second kappa shape index (κ2) is 2.97. The number of hydrogen-bond acceptors (Lipinski definition) is 2. The highest BCUT2D eigenvalue weighted by molar-refractivity contribution is 5.66. The lowest BCUT2D eigenvalue weighted by molar-refractivity contribution is 0.724. The maximum Gasteiger partial charge on any atom is 0.0597 e. The molecule has 0 amide bonds. The average molecular weight is 160 g/mol. The predicted octanol–water partition coefficient (Wildman–Crippen LogP) is 2.27. The molecule has 1 aliphatic rings. The summed E-state index contributed by atoms with van der Waals surface area (Å²) in [5.74, 6) is 0. The van der Waals surface area contributed by atoms with Crippen molar-refractivity contribution in [3.63, 3.8) is 0 Å². The highest BCUT2D eigenvalue weighted by Gasteiger charge is 2.16. The first kappa shape index (κ1) is 7.35. The fraction of sp³-hybridized carbons (Fsp3) is 0.300. The molecule has 0 saturated heterocycles. The van der Waals surface area contributed by atoms with Gasteiger partial charge in [-0.1, -0.05) is 18.2 Å². The normalized spacial score (nSPS) is 21.8. The molecule has 1 unspecified atom stereocenters. The second-order valence-electron chi connectivity index (χ2n) is 3.06. The number of nitrogens with zero attached hydrogens (tertiary/aromatic N) is 2. The van der Waals surface area contributed by atoms with Gasteiger partial charge in [-0.3, -0.25) is 5.01 Å². The predicted molar refractivity (Wildman–Crippen MR) is 51.5 cm³/mol. The smallest absolute Gasteiger partial charge is 0.0597 e. The Kier molecular flexibility index (Phi) is 1.82. The zero-order valence-corrected chi connectivity index (χ0v) is 7.14. The molecule has 2 nitrogen and oxygen atoms in total. The van der Waals surface area contributed by atoms with Gasteiger partial charge in [-0.05, 0) is 19.1 Å². The van der Waals surface area contributed by atoms with Crippen LogP contribution in [0.25, 0.3) is 0 Å². The van der Waals surface area contributed by atoms with Crippen molar-refractivity contribution in [1.29, 1.82) is 0 Å². The number of para-hydroxylation sites is 1. The van der Waals surface area contributed by atoms with Crippen molar-refractivity contribution < 1.29 is 0 Å². The minimum atomic E-state index is 0.507. The molecule has 1 heterocycles. The third-order valence-corrected chi connectivity index (χ3v) is 2.09. The molecular weight excluding hydrogens is 148 g/mol. The Morgan fingerprint density at radius 1 is 1.33 bits per heavy atom. The van der Waals surface area contributed by atoms with Crippen LogP contribution in [-0.2, 0) is 0 Å². The molecule has 0 spiro atoms. The lowest BCUT2D eigenvalue weighted by atomic mass is 10.2. The van der Waals surface area contributed by atoms with Gasteiger partial charge in [0.2, 0.25) is 0 Å². The average Bonchev–Trinajstić information content (AvgIpc) is 2.53. The van der Waals surface area contributed by atoms with Gasteiger partial charge in [0.15, 0.2) is 0 Å². The summed E-state index contributed by atoms with van der Waals surface area (Å²) in [5.41, 5.74) is 1.18. The maximum atomic E-state index is 4.30. The first-order chi connectivity index (χ1) is 5.88. The van der Waals surface area contributed by atoms with E-state index in [1.54, 1.807) is 0 Å². The van der Waals surface area contributed by atoms with E-state index < -0.39 is 0 Å². The number of rotatable bonds is 1. The van der Waals surface area contributed by atoms with Crippen LogP contribution in [0.1, 0.15) is 13.3 Å². The van der Waals surface area contributed by atoms with Crippen LogP contribution in [0.3, 0.4) is 0 Å². The van der Waals surface area contributed by atoms with Crippen molar-refractivity contribution in [3.05, 3.63) is 30.3 Å². The van der Waals surface area contributed by atoms with E-state index in [1.807, 2.05) is 24.4 Å². The van der Waals surface area contributed by atoms with E-state index in [2.05, 4.69) is 29.2 Å². The minimum Gasteiger partial charge on any atom is -0.263 e. The standard InChI is InChI=1S/C10H12N2/c1-9-7-8-11-12(9)10-5-3-2-4-6-10/h2-6,8-9H,7H2,1H3. The van der Waals surface area contributed by atoms with Crippen LogP contribution in [0, 0.1) is 0 Å². The molecule has 2 rings (SSSR count). The van der Waals surface area contributed by atoms with E-state index in [9.17, 15) is 0 Å². The van der Waals surface area contributed by atoms with E-state index in [0.29, 0.717) is 6.04 Å². The van der Waals surface area contributed by atoms with Crippen LogP contribution >= 0.6 is 0 Å². The van der Waals surface area contributed by atoms with E-state index in [-0.39, 0.29) is 0 Å². The third-order valence-electron chi connectivity index (χ3n) is 2.09. The van der Waals surface area contributed by atoms with E-state index in [1.165, 1.54) is 5.69 Å². The lowest BCUT2D eigenvalue weighted by Gasteiger charge is -2.19. The number of anilines is 1. The molecule has 0 N–H and O–H groups in total. The Morgan fingerprint density at radius 3 is 2.67 bits per heavy atom. The summed E-state index contributed by atoms with van der Waals surface area (Å²) in [6.45, 7) is 2.18. The molecule has 62 valence electrons. The zero-order valence-electron chi connectivity index (χ0n) is 7.14. The topological polar surface area (TPSA) is 15.6 Å². The van der Waals surface area contributed by atoms with E-state index in [0.717, 1.165) is 6.42 Å². The Bertz CT molecular complexity index is 279. The summed E-state index contributed by atoms with van der Waals surface area (Å²) >= 11 is 0. The van der Waals surface area contributed by atoms with Crippen LogP contribution < -0.4 is 5.01 Å². The highest BCUT2D eigenvalue weighted by atomic mass is 15.5. The summed E-state index contributed by atoms with van der Waals surface area (Å²) in [7, 11) is 0. The van der Waals surface area contributed by atoms with Crippen LogP contribution in [0.2, 0.25) is 0 Å². The van der Waals surface area contributed by atoms with Gasteiger partial charge in [-0.25, -0.2) is 0 Å². The molecule has 0 radical (unpaired) electrons. The van der Waals surface area contributed by atoms with Crippen molar-refractivity contribution in [2.75, 3.05) is 5.01 Å². The molecule has 1 aromatic carbocycles. The van der Waals surface area contributed by atoms with Gasteiger partial charge >= 0.3 is 0 Å². The van der Waals surface area contributed by atoms with Crippen LogP contribution in [0.4, 0.5) is 5.69 Å². The van der Waals surface area contributed by atoms with Gasteiger partial charge < -0.3 is 0 Å². The second-order valence-corrected chi connectivity index (χ2v) is 3.06. The molecule has 0 aliphatic carbocycles. The molecule has 0 saturated carbocycles. The maximum absolute atomic E-state index is 4.30. The number of hydrazone groups is 1. The van der Waals surface area contributed by atoms with Crippen LogP contribution in [-0.4, -0.2) is 12.3 Å². The molecule has 1 aliphatic heterocycles. The van der Waals surface area contributed by atoms with Gasteiger partial charge in [0.05, 0.1) is 11.7 Å². The third kappa shape index (κ3) is 1.20. The van der Waals surface area contributed by atoms with Gasteiger partial charge in [-0.2, -0.15) is 5.10 Å². The highest BCUT2D eigenvalue weighted by Crippen LogP contribution is 2.20. The van der Waals surface area contributed by atoms with Crippen LogP contribution in [0.5, 0.6) is 0 Å². The molecular formula is C10H12N2. The molecule has 12 heavy (non-hydrogen) atoms. The van der Waals surface area contributed by atoms with Gasteiger partial charge in [0.1, 0.15) is 0 Å². The van der Waals surface area contributed by atoms with Gasteiger partial charge in [-0.15, -0.1) is 0 Å².